The number of hydrogen-bond acceptors (Lipinski definition) is 11. The van der Waals surface area contributed by atoms with Crippen LogP contribution in [0.4, 0.5) is 5.82 Å². The summed E-state index contributed by atoms with van der Waals surface area (Å²) in [5.74, 6) is 0.139. The number of aliphatic hydroxyl groups is 2. The van der Waals surface area contributed by atoms with Crippen molar-refractivity contribution >= 4 is 40.7 Å². The Balaban J connectivity index is 0.00000256. The molecule has 0 saturated carbocycles. The van der Waals surface area contributed by atoms with Crippen molar-refractivity contribution in [3.8, 4) is 0 Å². The molecule has 0 spiro atoms. The molecule has 1 unspecified atom stereocenters. The van der Waals surface area contributed by atoms with Gasteiger partial charge in [0.1, 0.15) is 24.6 Å². The molecule has 0 radical (unpaired) electrons. The smallest absolute Gasteiger partial charge is 0.766 e. The largest absolute Gasteiger partial charge is 1.00 e. The number of nitrogens with two attached hydrogens (primary N) is 1. The van der Waals surface area contributed by atoms with Crippen molar-refractivity contribution in [1.29, 1.82) is 0 Å². The van der Waals surface area contributed by atoms with Gasteiger partial charge in [0, 0.05) is 13.1 Å². The maximum atomic E-state index is 12.3. The van der Waals surface area contributed by atoms with Gasteiger partial charge in [-0.05, 0) is 15.9 Å². The van der Waals surface area contributed by atoms with Crippen molar-refractivity contribution < 1.29 is 63.2 Å². The number of fused-ring (bicyclic) bond motifs is 1. The molecular weight excluding hydrogens is 498 g/mol. The van der Waals surface area contributed by atoms with Crippen molar-refractivity contribution in [1.82, 2.24) is 24.2 Å². The fourth-order valence-corrected chi connectivity index (χ4v) is 4.95. The normalized spacial score (nSPS) is 29.6. The number of morpholine rings is 1. The number of aliphatic hydroxyl groups excluding tert-OH is 2. The average Bonchev–Trinajstić information content (AvgIpc) is 3.18. The zero-order valence-electron chi connectivity index (χ0n) is 16.0. The molecule has 160 valence electrons. The van der Waals surface area contributed by atoms with E-state index in [-0.39, 0.29) is 72.1 Å². The maximum Gasteiger partial charge on any atom is 1.00 e. The first-order chi connectivity index (χ1) is 13.8. The van der Waals surface area contributed by atoms with Gasteiger partial charge in [0.05, 0.1) is 19.8 Å². The molecule has 5 atom stereocenters. The van der Waals surface area contributed by atoms with Crippen molar-refractivity contribution in [2.75, 3.05) is 38.6 Å². The summed E-state index contributed by atoms with van der Waals surface area (Å²) >= 11 is 3.26. The molecule has 13 nitrogen and oxygen atoms in total. The second-order valence-electron chi connectivity index (χ2n) is 6.56. The van der Waals surface area contributed by atoms with Crippen LogP contribution < -0.4 is 40.2 Å². The Hall–Kier alpha value is -0.220. The predicted molar refractivity (Wildman–Crippen MR) is 99.3 cm³/mol. The van der Waals surface area contributed by atoms with E-state index in [9.17, 15) is 19.7 Å². The Bertz CT molecular complexity index is 947. The van der Waals surface area contributed by atoms with E-state index >= 15 is 0 Å². The molecule has 30 heavy (non-hydrogen) atoms. The molecule has 2 aliphatic heterocycles. The third-order valence-corrected chi connectivity index (χ3v) is 6.92. The SMILES string of the molecule is Nc1ncnc2c1nc(Br)n2[C@@H]1O[C@H](COP(=O)([O-])N2CCOCC2)[C@@H](O)[C@H]1O.[Na+]. The van der Waals surface area contributed by atoms with Gasteiger partial charge in [-0.15, -0.1) is 0 Å². The number of aromatic nitrogens is 4. The summed E-state index contributed by atoms with van der Waals surface area (Å²) in [6.45, 7) is 0.482. The molecule has 4 heterocycles. The Morgan fingerprint density at radius 2 is 2.03 bits per heavy atom. The van der Waals surface area contributed by atoms with Crippen molar-refractivity contribution in [3.05, 3.63) is 11.1 Å². The van der Waals surface area contributed by atoms with E-state index in [1.807, 2.05) is 0 Å². The summed E-state index contributed by atoms with van der Waals surface area (Å²) in [7, 11) is -4.34. The Labute approximate surface area is 201 Å². The molecule has 0 aliphatic carbocycles. The van der Waals surface area contributed by atoms with Crippen LogP contribution in [0, 0.1) is 0 Å². The number of halogens is 1. The van der Waals surface area contributed by atoms with E-state index in [4.69, 9.17) is 19.7 Å². The standard InChI is InChI=1S/C14H20BrN6O7P.Na/c15-14-19-8-11(16)17-6-18-12(8)21(14)13-10(23)9(22)7(28-13)5-27-29(24,25)20-1-3-26-4-2-20;/h6-7,9-10,13,22-23H,1-5H2,(H,24,25)(H2,16,17,18);/q;+1/p-1/t7-,9-,10-,13-;/m1./s1. The molecule has 4 N–H and O–H groups in total. The number of hydrogen-bond donors (Lipinski definition) is 3. The van der Waals surface area contributed by atoms with Crippen LogP contribution in [0.1, 0.15) is 6.23 Å². The second-order valence-corrected chi connectivity index (χ2v) is 9.03. The van der Waals surface area contributed by atoms with Gasteiger partial charge in [-0.3, -0.25) is 9.13 Å². The number of nitrogens with zero attached hydrogens (tertiary/aromatic N) is 5. The molecular formula is C14H19BrN6NaO7P. The minimum atomic E-state index is -4.34. The Morgan fingerprint density at radius 1 is 1.33 bits per heavy atom. The van der Waals surface area contributed by atoms with Crippen LogP contribution in [0.3, 0.4) is 0 Å². The third kappa shape index (κ3) is 4.60. The number of nitrogen functional groups attached to an aromatic ring is 1. The zero-order valence-corrected chi connectivity index (χ0v) is 20.5. The van der Waals surface area contributed by atoms with Crippen LogP contribution >= 0.6 is 23.7 Å². The average molecular weight is 517 g/mol. The fourth-order valence-electron chi connectivity index (χ4n) is 3.25. The van der Waals surface area contributed by atoms with Crippen LogP contribution in [0.2, 0.25) is 0 Å². The molecule has 0 aromatic carbocycles. The maximum absolute atomic E-state index is 12.3. The zero-order chi connectivity index (χ0) is 20.8. The number of rotatable bonds is 5. The molecule has 2 fully saturated rings. The van der Waals surface area contributed by atoms with Crippen molar-refractivity contribution in [2.45, 2.75) is 24.5 Å². The third-order valence-electron chi connectivity index (χ3n) is 4.79. The Morgan fingerprint density at radius 3 is 2.73 bits per heavy atom. The summed E-state index contributed by atoms with van der Waals surface area (Å²) in [6, 6.07) is 0. The fraction of sp³-hybridized carbons (Fsp3) is 0.643. The van der Waals surface area contributed by atoms with E-state index < -0.39 is 38.9 Å². The van der Waals surface area contributed by atoms with Crippen LogP contribution in [-0.4, -0.2) is 85.6 Å². The predicted octanol–water partition coefficient (Wildman–Crippen LogP) is -4.39. The molecule has 4 rings (SSSR count). The first kappa shape index (κ1) is 24.4. The molecule has 2 saturated heterocycles. The van der Waals surface area contributed by atoms with E-state index in [0.717, 1.165) is 0 Å². The monoisotopic (exact) mass is 516 g/mol. The van der Waals surface area contributed by atoms with E-state index in [2.05, 4.69) is 30.9 Å². The van der Waals surface area contributed by atoms with Gasteiger partial charge in [-0.1, -0.05) is 0 Å². The van der Waals surface area contributed by atoms with Gasteiger partial charge >= 0.3 is 29.6 Å². The summed E-state index contributed by atoms with van der Waals surface area (Å²) < 4.78 is 31.1. The van der Waals surface area contributed by atoms with Gasteiger partial charge in [-0.25, -0.2) is 19.6 Å². The minimum Gasteiger partial charge on any atom is -0.766 e. The van der Waals surface area contributed by atoms with Crippen LogP contribution in [-0.2, 0) is 18.6 Å². The molecule has 2 aliphatic rings. The van der Waals surface area contributed by atoms with Gasteiger partial charge in [-0.2, -0.15) is 0 Å². The second kappa shape index (κ2) is 9.73. The van der Waals surface area contributed by atoms with E-state index in [1.54, 1.807) is 0 Å². The van der Waals surface area contributed by atoms with Crippen LogP contribution in [0.15, 0.2) is 11.1 Å². The quantitative estimate of drug-likeness (QED) is 0.197. The van der Waals surface area contributed by atoms with Crippen LogP contribution in [0.25, 0.3) is 11.2 Å². The van der Waals surface area contributed by atoms with Crippen LogP contribution in [0.5, 0.6) is 0 Å². The molecule has 16 heteroatoms. The van der Waals surface area contributed by atoms with E-state index in [0.29, 0.717) is 5.52 Å². The number of imidazole rings is 1. The summed E-state index contributed by atoms with van der Waals surface area (Å²) in [4.78, 5) is 24.5. The molecule has 2 aromatic rings. The first-order valence-electron chi connectivity index (χ1n) is 8.74. The van der Waals surface area contributed by atoms with Crippen molar-refractivity contribution in [2.24, 2.45) is 0 Å². The van der Waals surface area contributed by atoms with Crippen molar-refractivity contribution in [3.63, 3.8) is 0 Å². The molecule has 0 bridgehead atoms. The molecule has 2 aromatic heterocycles. The van der Waals surface area contributed by atoms with Gasteiger partial charge in [0.15, 0.2) is 27.9 Å². The molecule has 0 amide bonds. The summed E-state index contributed by atoms with van der Waals surface area (Å²) in [5, 5.41) is 20.8. The summed E-state index contributed by atoms with van der Waals surface area (Å²) in [5.41, 5.74) is 6.37. The van der Waals surface area contributed by atoms with Gasteiger partial charge in [0.2, 0.25) is 7.75 Å². The van der Waals surface area contributed by atoms with Gasteiger partial charge in [0.25, 0.3) is 0 Å². The minimum absolute atomic E-state index is 0. The topological polar surface area (TPSA) is 181 Å². The first-order valence-corrected chi connectivity index (χ1v) is 11.0. The number of anilines is 1. The van der Waals surface area contributed by atoms with Gasteiger partial charge < -0.3 is 34.8 Å². The number of ether oxygens (including phenoxy) is 2. The summed E-state index contributed by atoms with van der Waals surface area (Å²) in [6.07, 6.45) is -3.74. The van der Waals surface area contributed by atoms with E-state index in [1.165, 1.54) is 15.6 Å². The Kier molecular flexibility index (Phi) is 7.92.